The molecule has 2 heterocycles. The molecule has 134 valence electrons. The molecule has 0 atom stereocenters. The van der Waals surface area contributed by atoms with Gasteiger partial charge in [0.1, 0.15) is 5.82 Å². The maximum Gasteiger partial charge on any atom is 0.269 e. The molecule has 0 unspecified atom stereocenters. The van der Waals surface area contributed by atoms with E-state index in [1.165, 1.54) is 16.6 Å². The zero-order valence-corrected chi connectivity index (χ0v) is 15.6. The van der Waals surface area contributed by atoms with Crippen molar-refractivity contribution in [3.05, 3.63) is 64.1 Å². The Morgan fingerprint density at radius 2 is 1.92 bits per heavy atom. The first kappa shape index (κ1) is 18.2. The minimum Gasteiger partial charge on any atom is -0.309 e. The maximum atomic E-state index is 11.9. The van der Waals surface area contributed by atoms with Crippen molar-refractivity contribution in [3.63, 3.8) is 0 Å². The predicted molar refractivity (Wildman–Crippen MR) is 101 cm³/mol. The van der Waals surface area contributed by atoms with Crippen LogP contribution in [0.15, 0.2) is 53.0 Å². The predicted octanol–water partition coefficient (Wildman–Crippen LogP) is 2.02. The minimum atomic E-state index is -0.360. The van der Waals surface area contributed by atoms with Gasteiger partial charge in [-0.15, -0.1) is 21.5 Å². The molecule has 9 heteroatoms. The first-order chi connectivity index (χ1) is 12.6. The van der Waals surface area contributed by atoms with Crippen LogP contribution in [0.4, 0.5) is 0 Å². The van der Waals surface area contributed by atoms with Crippen molar-refractivity contribution in [3.8, 4) is 0 Å². The fourth-order valence-corrected chi connectivity index (χ4v) is 3.58. The fourth-order valence-electron chi connectivity index (χ4n) is 2.15. The third-order valence-electron chi connectivity index (χ3n) is 3.52. The summed E-state index contributed by atoms with van der Waals surface area (Å²) in [5.74, 6) is 0.288. The van der Waals surface area contributed by atoms with E-state index in [0.29, 0.717) is 17.1 Å². The molecule has 0 saturated carbocycles. The number of hydrogen-bond acceptors (Lipinski definition) is 6. The molecule has 0 radical (unpaired) electrons. The van der Waals surface area contributed by atoms with Gasteiger partial charge in [-0.1, -0.05) is 36.0 Å². The van der Waals surface area contributed by atoms with E-state index in [1.807, 2.05) is 29.1 Å². The van der Waals surface area contributed by atoms with Crippen LogP contribution < -0.4 is 10.9 Å². The van der Waals surface area contributed by atoms with Crippen molar-refractivity contribution in [1.82, 2.24) is 25.6 Å². The molecule has 2 N–H and O–H groups in total. The molecule has 0 bridgehead atoms. The molecular formula is C17H17N5O2S2. The third kappa shape index (κ3) is 4.70. The van der Waals surface area contributed by atoms with E-state index in [0.717, 1.165) is 5.82 Å². The van der Waals surface area contributed by atoms with E-state index in [-0.39, 0.29) is 17.6 Å². The number of amides is 2. The molecule has 7 nitrogen and oxygen atoms in total. The minimum absolute atomic E-state index is 0.125. The molecule has 3 aromatic rings. The van der Waals surface area contributed by atoms with E-state index in [1.54, 1.807) is 35.6 Å². The molecule has 0 aliphatic carbocycles. The third-order valence-corrected chi connectivity index (χ3v) is 5.42. The second-order valence-electron chi connectivity index (χ2n) is 5.37. The highest BCUT2D eigenvalue weighted by Crippen LogP contribution is 2.18. The zero-order chi connectivity index (χ0) is 18.4. The standard InChI is InChI=1S/C17H17N5O2S2/c1-22-14(10-13-8-5-9-25-13)18-21-17(22)26-11-15(23)19-20-16(24)12-6-3-2-4-7-12/h2-9H,10-11H2,1H3,(H,19,23)(H,20,24). The molecule has 0 spiro atoms. The highest BCUT2D eigenvalue weighted by Gasteiger charge is 2.13. The van der Waals surface area contributed by atoms with E-state index in [2.05, 4.69) is 27.1 Å². The number of thioether (sulfide) groups is 1. The van der Waals surface area contributed by atoms with Crippen LogP contribution >= 0.6 is 23.1 Å². The van der Waals surface area contributed by atoms with Gasteiger partial charge < -0.3 is 4.57 Å². The van der Waals surface area contributed by atoms with Gasteiger partial charge in [0.15, 0.2) is 5.16 Å². The quantitative estimate of drug-likeness (QED) is 0.499. The van der Waals surface area contributed by atoms with Crippen LogP contribution in [0.2, 0.25) is 0 Å². The highest BCUT2D eigenvalue weighted by molar-refractivity contribution is 7.99. The Balaban J connectivity index is 1.47. The Bertz CT molecular complexity index is 878. The summed E-state index contributed by atoms with van der Waals surface area (Å²) in [6.45, 7) is 0. The normalized spacial score (nSPS) is 10.5. The van der Waals surface area contributed by atoms with Gasteiger partial charge in [0.2, 0.25) is 5.91 Å². The lowest BCUT2D eigenvalue weighted by Gasteiger charge is -2.07. The number of nitrogens with zero attached hydrogens (tertiary/aromatic N) is 3. The molecule has 2 aromatic heterocycles. The largest absolute Gasteiger partial charge is 0.309 e. The Morgan fingerprint density at radius 1 is 1.12 bits per heavy atom. The molecule has 0 fully saturated rings. The number of aromatic nitrogens is 3. The fraction of sp³-hybridized carbons (Fsp3) is 0.176. The van der Waals surface area contributed by atoms with Crippen molar-refractivity contribution in [2.45, 2.75) is 11.6 Å². The smallest absolute Gasteiger partial charge is 0.269 e. The Kier molecular flexibility index (Phi) is 6.03. The van der Waals surface area contributed by atoms with E-state index in [9.17, 15) is 9.59 Å². The molecule has 0 aliphatic rings. The molecule has 26 heavy (non-hydrogen) atoms. The van der Waals surface area contributed by atoms with Crippen molar-refractivity contribution in [1.29, 1.82) is 0 Å². The average molecular weight is 387 g/mol. The van der Waals surface area contributed by atoms with Crippen LogP contribution in [0.5, 0.6) is 0 Å². The van der Waals surface area contributed by atoms with Gasteiger partial charge in [-0.25, -0.2) is 0 Å². The summed E-state index contributed by atoms with van der Waals surface area (Å²) < 4.78 is 1.88. The SMILES string of the molecule is Cn1c(Cc2cccs2)nnc1SCC(=O)NNC(=O)c1ccccc1. The number of benzene rings is 1. The lowest BCUT2D eigenvalue weighted by Crippen LogP contribution is -2.42. The van der Waals surface area contributed by atoms with Crippen LogP contribution in [0, 0.1) is 0 Å². The van der Waals surface area contributed by atoms with E-state index < -0.39 is 0 Å². The van der Waals surface area contributed by atoms with Crippen LogP contribution in [0.1, 0.15) is 21.1 Å². The van der Waals surface area contributed by atoms with Crippen LogP contribution in [-0.4, -0.2) is 32.3 Å². The number of carbonyl (C=O) groups excluding carboxylic acids is 2. The summed E-state index contributed by atoms with van der Waals surface area (Å²) in [7, 11) is 1.88. The van der Waals surface area contributed by atoms with Crippen LogP contribution in [0.25, 0.3) is 0 Å². The van der Waals surface area contributed by atoms with Gasteiger partial charge in [-0.05, 0) is 23.6 Å². The second-order valence-corrected chi connectivity index (χ2v) is 7.35. The number of carbonyl (C=O) groups is 2. The number of hydrogen-bond donors (Lipinski definition) is 2. The van der Waals surface area contributed by atoms with Crippen molar-refractivity contribution < 1.29 is 9.59 Å². The molecule has 2 amide bonds. The lowest BCUT2D eigenvalue weighted by atomic mass is 10.2. The Labute approximate surface area is 158 Å². The van der Waals surface area contributed by atoms with Crippen LogP contribution in [0.3, 0.4) is 0 Å². The topological polar surface area (TPSA) is 88.9 Å². The molecule has 3 rings (SSSR count). The molecule has 1 aromatic carbocycles. The van der Waals surface area contributed by atoms with Crippen molar-refractivity contribution >= 4 is 34.9 Å². The second kappa shape index (κ2) is 8.63. The number of rotatable bonds is 6. The van der Waals surface area contributed by atoms with Crippen molar-refractivity contribution in [2.75, 3.05) is 5.75 Å². The number of hydrazine groups is 1. The summed E-state index contributed by atoms with van der Waals surface area (Å²) in [6.07, 6.45) is 0.709. The molecular weight excluding hydrogens is 370 g/mol. The first-order valence-electron chi connectivity index (χ1n) is 7.81. The van der Waals surface area contributed by atoms with Gasteiger partial charge in [0, 0.05) is 23.9 Å². The summed E-state index contributed by atoms with van der Waals surface area (Å²) in [5, 5.41) is 11.0. The average Bonchev–Trinajstić information content (AvgIpc) is 3.30. The number of thiophene rings is 1. The van der Waals surface area contributed by atoms with E-state index in [4.69, 9.17) is 0 Å². The summed E-state index contributed by atoms with van der Waals surface area (Å²) in [5.41, 5.74) is 5.27. The lowest BCUT2D eigenvalue weighted by molar-refractivity contribution is -0.119. The number of nitrogens with one attached hydrogen (secondary N) is 2. The molecule has 0 aliphatic heterocycles. The summed E-state index contributed by atoms with van der Waals surface area (Å²) in [6, 6.07) is 12.7. The van der Waals surface area contributed by atoms with E-state index >= 15 is 0 Å². The van der Waals surface area contributed by atoms with Gasteiger partial charge in [-0.2, -0.15) is 0 Å². The van der Waals surface area contributed by atoms with Gasteiger partial charge in [0.05, 0.1) is 5.75 Å². The van der Waals surface area contributed by atoms with Gasteiger partial charge in [-0.3, -0.25) is 20.4 Å². The maximum absolute atomic E-state index is 11.9. The summed E-state index contributed by atoms with van der Waals surface area (Å²) >= 11 is 2.93. The first-order valence-corrected chi connectivity index (χ1v) is 9.67. The highest BCUT2D eigenvalue weighted by atomic mass is 32.2. The molecule has 0 saturated heterocycles. The summed E-state index contributed by atoms with van der Waals surface area (Å²) in [4.78, 5) is 25.0. The van der Waals surface area contributed by atoms with Gasteiger partial charge in [0.25, 0.3) is 5.91 Å². The van der Waals surface area contributed by atoms with Crippen LogP contribution in [-0.2, 0) is 18.3 Å². The Hall–Kier alpha value is -2.65. The van der Waals surface area contributed by atoms with Gasteiger partial charge >= 0.3 is 0 Å². The van der Waals surface area contributed by atoms with Crippen molar-refractivity contribution in [2.24, 2.45) is 7.05 Å². The monoisotopic (exact) mass is 387 g/mol. The zero-order valence-electron chi connectivity index (χ0n) is 14.0. The Morgan fingerprint density at radius 3 is 2.65 bits per heavy atom.